The zero-order valence-electron chi connectivity index (χ0n) is 20.5. The fourth-order valence-corrected chi connectivity index (χ4v) is 6.18. The Kier molecular flexibility index (Phi) is 7.95. The lowest BCUT2D eigenvalue weighted by atomic mass is 9.82. The summed E-state index contributed by atoms with van der Waals surface area (Å²) in [7, 11) is -0.646. The number of aromatic amines is 1. The van der Waals surface area contributed by atoms with Gasteiger partial charge in [-0.25, -0.2) is 4.39 Å². The van der Waals surface area contributed by atoms with Gasteiger partial charge in [0, 0.05) is 44.5 Å². The van der Waals surface area contributed by atoms with Gasteiger partial charge in [0.05, 0.1) is 18.8 Å². The molecule has 1 aromatic carbocycles. The van der Waals surface area contributed by atoms with Gasteiger partial charge >= 0.3 is 0 Å². The van der Waals surface area contributed by atoms with E-state index in [-0.39, 0.29) is 35.5 Å². The van der Waals surface area contributed by atoms with Gasteiger partial charge < -0.3 is 14.6 Å². The summed E-state index contributed by atoms with van der Waals surface area (Å²) in [4.78, 5) is 17.2. The van der Waals surface area contributed by atoms with E-state index in [4.69, 9.17) is 4.74 Å². The number of rotatable bonds is 8. The Morgan fingerprint density at radius 2 is 1.91 bits per heavy atom. The predicted octanol–water partition coefficient (Wildman–Crippen LogP) is 2.99. The van der Waals surface area contributed by atoms with E-state index < -0.39 is 10.2 Å². The number of hydrogen-bond donors (Lipinski definition) is 2. The quantitative estimate of drug-likeness (QED) is 0.574. The van der Waals surface area contributed by atoms with E-state index in [2.05, 4.69) is 14.6 Å². The highest BCUT2D eigenvalue weighted by atomic mass is 32.2. The Bertz CT molecular complexity index is 1160. The first-order chi connectivity index (χ1) is 16.6. The molecule has 1 aromatic heterocycles. The second-order valence-corrected chi connectivity index (χ2v) is 11.8. The van der Waals surface area contributed by atoms with Gasteiger partial charge in [-0.15, -0.1) is 0 Å². The third kappa shape index (κ3) is 6.11. The van der Waals surface area contributed by atoms with Crippen LogP contribution in [0.15, 0.2) is 47.4 Å². The largest absolute Gasteiger partial charge is 0.376 e. The fourth-order valence-electron chi connectivity index (χ4n) is 5.34. The maximum atomic E-state index is 13.6. The van der Waals surface area contributed by atoms with Crippen molar-refractivity contribution < 1.29 is 17.5 Å². The molecule has 1 aliphatic heterocycles. The maximum Gasteiger partial charge on any atom is 0.279 e. The van der Waals surface area contributed by atoms with Gasteiger partial charge in [0.15, 0.2) is 5.43 Å². The smallest absolute Gasteiger partial charge is 0.279 e. The van der Waals surface area contributed by atoms with Gasteiger partial charge in [-0.3, -0.25) is 4.79 Å². The van der Waals surface area contributed by atoms with Crippen molar-refractivity contribution in [1.29, 1.82) is 0 Å². The van der Waals surface area contributed by atoms with Crippen LogP contribution in [0.4, 0.5) is 10.2 Å². The van der Waals surface area contributed by atoms with E-state index in [9.17, 15) is 17.6 Å². The summed E-state index contributed by atoms with van der Waals surface area (Å²) < 4.78 is 49.2. The van der Waals surface area contributed by atoms with E-state index in [0.29, 0.717) is 24.8 Å². The SMILES string of the molecule is C[C@@H]1C[C@H](NS(=O)(=O)N(C)C)[C@H](COC2CCC(c3cccc(F)c3)CC2)N1c1cc(=O)cc[nH]1. The number of hydrogen-bond acceptors (Lipinski definition) is 5. The van der Waals surface area contributed by atoms with Crippen molar-refractivity contribution in [3.8, 4) is 0 Å². The molecule has 4 rings (SSSR count). The fraction of sp³-hybridized carbons (Fsp3) is 0.560. The highest BCUT2D eigenvalue weighted by Crippen LogP contribution is 2.35. The second-order valence-electron chi connectivity index (χ2n) is 9.84. The number of ether oxygens (including phenoxy) is 1. The van der Waals surface area contributed by atoms with Crippen LogP contribution in [0.3, 0.4) is 0 Å². The Labute approximate surface area is 206 Å². The van der Waals surface area contributed by atoms with E-state index in [0.717, 1.165) is 35.6 Å². The van der Waals surface area contributed by atoms with Gasteiger partial charge in [0.2, 0.25) is 0 Å². The molecule has 0 radical (unpaired) electrons. The van der Waals surface area contributed by atoms with Crippen LogP contribution in [0.1, 0.15) is 50.5 Å². The Hall–Kier alpha value is -2.27. The molecule has 2 aliphatic rings. The average molecular weight is 507 g/mol. The third-order valence-electron chi connectivity index (χ3n) is 7.21. The number of nitrogens with one attached hydrogen (secondary N) is 2. The lowest BCUT2D eigenvalue weighted by Crippen LogP contribution is -2.51. The molecule has 35 heavy (non-hydrogen) atoms. The Balaban J connectivity index is 1.46. The molecule has 1 saturated heterocycles. The van der Waals surface area contributed by atoms with Gasteiger partial charge in [0.1, 0.15) is 11.6 Å². The first kappa shape index (κ1) is 25.8. The van der Waals surface area contributed by atoms with Crippen LogP contribution in [0.5, 0.6) is 0 Å². The van der Waals surface area contributed by atoms with Gasteiger partial charge in [0.25, 0.3) is 10.2 Å². The maximum absolute atomic E-state index is 13.6. The minimum absolute atomic E-state index is 0.000209. The number of halogens is 1. The normalized spacial score (nSPS) is 27.5. The monoisotopic (exact) mass is 506 g/mol. The minimum atomic E-state index is -3.64. The highest BCUT2D eigenvalue weighted by molar-refractivity contribution is 7.87. The molecule has 1 aliphatic carbocycles. The summed E-state index contributed by atoms with van der Waals surface area (Å²) in [5.41, 5.74) is 0.920. The molecule has 10 heteroatoms. The van der Waals surface area contributed by atoms with Crippen LogP contribution >= 0.6 is 0 Å². The van der Waals surface area contributed by atoms with Gasteiger partial charge in [-0.2, -0.15) is 17.4 Å². The van der Waals surface area contributed by atoms with Crippen LogP contribution in [-0.4, -0.2) is 62.6 Å². The van der Waals surface area contributed by atoms with Crippen molar-refractivity contribution in [1.82, 2.24) is 14.0 Å². The molecule has 3 atom stereocenters. The summed E-state index contributed by atoms with van der Waals surface area (Å²) in [5, 5.41) is 0. The summed E-state index contributed by atoms with van der Waals surface area (Å²) in [6.07, 6.45) is 5.80. The van der Waals surface area contributed by atoms with Crippen molar-refractivity contribution >= 4 is 16.0 Å². The molecular weight excluding hydrogens is 471 g/mol. The lowest BCUT2D eigenvalue weighted by Gasteiger charge is -2.35. The molecule has 2 heterocycles. The van der Waals surface area contributed by atoms with Crippen LogP contribution in [-0.2, 0) is 14.9 Å². The van der Waals surface area contributed by atoms with E-state index in [1.54, 1.807) is 18.3 Å². The van der Waals surface area contributed by atoms with E-state index in [1.807, 2.05) is 13.0 Å². The standard InChI is InChI=1S/C25H35FN4O4S/c1-17-13-23(28-35(32,33)29(2)3)24(30(17)25-15-21(31)11-12-27-25)16-34-22-9-7-18(8-10-22)19-5-4-6-20(26)14-19/h4-6,11-12,14-15,17-18,22-24,28H,7-10,13,16H2,1-3H3,(H,27,31)/t17-,18?,22?,23+,24+/m1/s1. The van der Waals surface area contributed by atoms with E-state index in [1.165, 1.54) is 32.3 Å². The Morgan fingerprint density at radius 1 is 1.17 bits per heavy atom. The van der Waals surface area contributed by atoms with E-state index >= 15 is 0 Å². The molecular formula is C25H35FN4O4S. The third-order valence-corrected chi connectivity index (χ3v) is 8.77. The summed E-state index contributed by atoms with van der Waals surface area (Å²) >= 11 is 0. The lowest BCUT2D eigenvalue weighted by molar-refractivity contribution is 0.0154. The average Bonchev–Trinajstić information content (AvgIpc) is 3.11. The molecule has 2 N–H and O–H groups in total. The molecule has 2 aromatic rings. The van der Waals surface area contributed by atoms with Crippen LogP contribution in [0.2, 0.25) is 0 Å². The number of pyridine rings is 1. The number of nitrogens with zero attached hydrogens (tertiary/aromatic N) is 2. The van der Waals surface area contributed by atoms with Crippen molar-refractivity contribution in [3.05, 3.63) is 64.2 Å². The zero-order chi connectivity index (χ0) is 25.2. The van der Waals surface area contributed by atoms with Crippen LogP contribution in [0, 0.1) is 5.82 Å². The van der Waals surface area contributed by atoms with Gasteiger partial charge in [-0.05, 0) is 62.6 Å². The molecule has 0 bridgehead atoms. The molecule has 1 saturated carbocycles. The topological polar surface area (TPSA) is 94.7 Å². The minimum Gasteiger partial charge on any atom is -0.376 e. The molecule has 0 spiro atoms. The number of benzene rings is 1. The number of H-pyrrole nitrogens is 1. The van der Waals surface area contributed by atoms with Crippen LogP contribution in [0.25, 0.3) is 0 Å². The molecule has 8 nitrogen and oxygen atoms in total. The summed E-state index contributed by atoms with van der Waals surface area (Å²) in [6, 6.07) is 9.17. The van der Waals surface area contributed by atoms with Gasteiger partial charge in [-0.1, -0.05) is 12.1 Å². The van der Waals surface area contributed by atoms with Crippen molar-refractivity contribution in [3.63, 3.8) is 0 Å². The summed E-state index contributed by atoms with van der Waals surface area (Å²) in [5.74, 6) is 0.768. The first-order valence-corrected chi connectivity index (χ1v) is 13.6. The molecule has 192 valence electrons. The number of aromatic nitrogens is 1. The zero-order valence-corrected chi connectivity index (χ0v) is 21.3. The predicted molar refractivity (Wildman–Crippen MR) is 134 cm³/mol. The first-order valence-electron chi connectivity index (χ1n) is 12.2. The van der Waals surface area contributed by atoms with Crippen molar-refractivity contribution in [2.75, 3.05) is 25.6 Å². The van der Waals surface area contributed by atoms with Crippen LogP contribution < -0.4 is 15.1 Å². The summed E-state index contributed by atoms with van der Waals surface area (Å²) in [6.45, 7) is 2.35. The molecule has 0 unspecified atom stereocenters. The molecule has 0 amide bonds. The second kappa shape index (κ2) is 10.8. The Morgan fingerprint density at radius 3 is 2.57 bits per heavy atom. The molecule has 2 fully saturated rings. The van der Waals surface area contributed by atoms with Crippen molar-refractivity contribution in [2.24, 2.45) is 0 Å². The highest BCUT2D eigenvalue weighted by Gasteiger charge is 2.42. The number of anilines is 1. The van der Waals surface area contributed by atoms with Crippen molar-refractivity contribution in [2.45, 2.75) is 69.2 Å².